The molecule has 2 unspecified atom stereocenters. The van der Waals surface area contributed by atoms with Crippen LogP contribution in [0.15, 0.2) is 36.9 Å². The highest BCUT2D eigenvalue weighted by atomic mass is 32.2. The lowest BCUT2D eigenvalue weighted by Crippen LogP contribution is -2.59. The van der Waals surface area contributed by atoms with Gasteiger partial charge in [-0.3, -0.25) is 19.1 Å². The second-order valence-corrected chi connectivity index (χ2v) is 22.7. The largest absolute Gasteiger partial charge is 0.489 e. The van der Waals surface area contributed by atoms with Gasteiger partial charge in [-0.1, -0.05) is 50.3 Å². The molecule has 5 heterocycles. The lowest BCUT2D eigenvalue weighted by Gasteiger charge is -2.34. The van der Waals surface area contributed by atoms with E-state index in [-0.39, 0.29) is 43.4 Å². The second-order valence-electron chi connectivity index (χ2n) is 20.5. The Kier molecular flexibility index (Phi) is 11.6. The van der Waals surface area contributed by atoms with Crippen LogP contribution in [0.5, 0.6) is 11.6 Å². The quantitative estimate of drug-likeness (QED) is 0.233. The maximum absolute atomic E-state index is 15.1. The van der Waals surface area contributed by atoms with Crippen molar-refractivity contribution in [2.45, 2.75) is 182 Å². The van der Waals surface area contributed by atoms with Gasteiger partial charge in [-0.15, -0.1) is 6.58 Å². The van der Waals surface area contributed by atoms with Gasteiger partial charge >= 0.3 is 6.09 Å². The summed E-state index contributed by atoms with van der Waals surface area (Å²) in [5.41, 5.74) is 0.0443. The second kappa shape index (κ2) is 17.1. The van der Waals surface area contributed by atoms with Crippen molar-refractivity contribution in [2.24, 2.45) is 17.8 Å². The van der Waals surface area contributed by atoms with Gasteiger partial charge in [0.05, 0.1) is 22.4 Å². The molecule has 15 nitrogen and oxygen atoms in total. The van der Waals surface area contributed by atoms with E-state index in [4.69, 9.17) is 19.2 Å². The fourth-order valence-electron chi connectivity index (χ4n) is 11.5. The average molecular weight is 901 g/mol. The minimum atomic E-state index is -4.01. The number of carbonyl (C=O) groups excluding carboxylic acids is 4. The minimum absolute atomic E-state index is 0.0141. The molecule has 0 radical (unpaired) electrons. The standard InChI is InChI=1S/C48H64N6O9S/c1-3-30-26-48(30,45(57)53-64(59,60)47(2)20-21-47)52-42(55)38-25-34-27-54(38)44(56)40(28-12-6-4-7-13-28)51-46(58)63-39-22-29(39)14-8-5-9-16-36-41(61-33-23-31-18-19-32(24-33)49-31)35-15-10-11-17-37(35)50-43(36)62-34/h3,10-11,15,17,28-34,38-40,49H,1,4-9,12-14,16,18-27H2,2H3,(H,51,58)(H,52,55)(H,53,57)/t29-,30-,31?,32?,33?,34-,38+,39-,40+,48-/m1/s1. The van der Waals surface area contributed by atoms with E-state index < -0.39 is 68.2 Å². The van der Waals surface area contributed by atoms with Crippen molar-refractivity contribution in [3.05, 3.63) is 42.5 Å². The summed E-state index contributed by atoms with van der Waals surface area (Å²) in [7, 11) is -4.01. The molecule has 4 aliphatic heterocycles. The number of carbonyl (C=O) groups is 4. The summed E-state index contributed by atoms with van der Waals surface area (Å²) in [6, 6.07) is 6.75. The van der Waals surface area contributed by atoms with Gasteiger partial charge < -0.3 is 35.1 Å². The van der Waals surface area contributed by atoms with Crippen molar-refractivity contribution < 1.29 is 41.8 Å². The number of pyridine rings is 1. The van der Waals surface area contributed by atoms with E-state index in [1.165, 1.54) is 4.90 Å². The number of benzene rings is 1. The lowest BCUT2D eigenvalue weighted by atomic mass is 9.83. The smallest absolute Gasteiger partial charge is 0.408 e. The van der Waals surface area contributed by atoms with E-state index in [1.54, 1.807) is 13.0 Å². The third-order valence-electron chi connectivity index (χ3n) is 15.9. The molecule has 0 spiro atoms. The third-order valence-corrected chi connectivity index (χ3v) is 18.1. The number of nitrogens with zero attached hydrogens (tertiary/aromatic N) is 2. The molecule has 4 aliphatic carbocycles. The monoisotopic (exact) mass is 900 g/mol. The van der Waals surface area contributed by atoms with Gasteiger partial charge in [0.15, 0.2) is 0 Å². The predicted octanol–water partition coefficient (Wildman–Crippen LogP) is 5.48. The molecule has 2 aromatic rings. The number of alkyl carbamates (subject to hydrolysis) is 1. The topological polar surface area (TPSA) is 194 Å². The summed E-state index contributed by atoms with van der Waals surface area (Å²) < 4.78 is 47.7. The van der Waals surface area contributed by atoms with Crippen LogP contribution in [0.3, 0.4) is 0 Å². The highest BCUT2D eigenvalue weighted by Crippen LogP contribution is 2.48. The van der Waals surface area contributed by atoms with Crippen LogP contribution in [0.1, 0.15) is 128 Å². The zero-order chi connectivity index (χ0) is 44.4. The Morgan fingerprint density at radius 3 is 2.38 bits per heavy atom. The van der Waals surface area contributed by atoms with Crippen LogP contribution in [0, 0.1) is 17.8 Å². The van der Waals surface area contributed by atoms with Gasteiger partial charge in [-0.05, 0) is 114 Å². The van der Waals surface area contributed by atoms with E-state index in [0.717, 1.165) is 112 Å². The first kappa shape index (κ1) is 43.5. The number of ether oxygens (including phenoxy) is 3. The zero-order valence-corrected chi connectivity index (χ0v) is 37.8. The first-order valence-corrected chi connectivity index (χ1v) is 25.6. The molecule has 3 saturated heterocycles. The van der Waals surface area contributed by atoms with Crippen LogP contribution < -0.4 is 30.1 Å². The Balaban J connectivity index is 0.997. The summed E-state index contributed by atoms with van der Waals surface area (Å²) in [5.74, 6) is -1.07. The number of sulfonamides is 1. The number of nitrogens with one attached hydrogen (secondary N) is 4. The van der Waals surface area contributed by atoms with Crippen molar-refractivity contribution in [1.82, 2.24) is 30.6 Å². The van der Waals surface area contributed by atoms with Crippen molar-refractivity contribution in [2.75, 3.05) is 6.54 Å². The molecule has 9 atom stereocenters. The fourth-order valence-corrected chi connectivity index (χ4v) is 12.8. The van der Waals surface area contributed by atoms with Gasteiger partial charge in [0.25, 0.3) is 5.91 Å². The van der Waals surface area contributed by atoms with E-state index in [9.17, 15) is 22.8 Å². The molecule has 64 heavy (non-hydrogen) atoms. The van der Waals surface area contributed by atoms with E-state index in [0.29, 0.717) is 37.2 Å². The molecule has 7 fully saturated rings. The van der Waals surface area contributed by atoms with Crippen LogP contribution in [0.2, 0.25) is 0 Å². The number of aromatic nitrogens is 1. The maximum Gasteiger partial charge on any atom is 0.408 e. The van der Waals surface area contributed by atoms with Crippen molar-refractivity contribution in [3.8, 4) is 11.6 Å². The van der Waals surface area contributed by atoms with Gasteiger partial charge in [0.2, 0.25) is 27.7 Å². The van der Waals surface area contributed by atoms with Gasteiger partial charge in [0.1, 0.15) is 41.7 Å². The first-order chi connectivity index (χ1) is 30.8. The van der Waals surface area contributed by atoms with Crippen LogP contribution in [0.25, 0.3) is 10.9 Å². The van der Waals surface area contributed by atoms with Crippen LogP contribution >= 0.6 is 0 Å². The third kappa shape index (κ3) is 8.57. The number of para-hydroxylation sites is 1. The molecule has 1 aromatic heterocycles. The van der Waals surface area contributed by atoms with Crippen molar-refractivity contribution in [3.63, 3.8) is 0 Å². The molecular formula is C48H64N6O9S. The van der Waals surface area contributed by atoms with Crippen LogP contribution in [0.4, 0.5) is 4.79 Å². The summed E-state index contributed by atoms with van der Waals surface area (Å²) in [5, 5.41) is 10.5. The van der Waals surface area contributed by atoms with Crippen molar-refractivity contribution >= 4 is 44.7 Å². The molecule has 1 aromatic carbocycles. The van der Waals surface area contributed by atoms with Gasteiger partial charge in [-0.2, -0.15) is 0 Å². The highest BCUT2D eigenvalue weighted by Gasteiger charge is 2.63. The number of piperidine rings is 1. The van der Waals surface area contributed by atoms with E-state index in [2.05, 4.69) is 33.3 Å². The molecule has 8 aliphatic rings. The Hall–Kier alpha value is -4.44. The van der Waals surface area contributed by atoms with Crippen LogP contribution in [-0.2, 0) is 35.6 Å². The van der Waals surface area contributed by atoms with Crippen molar-refractivity contribution in [1.29, 1.82) is 0 Å². The summed E-state index contributed by atoms with van der Waals surface area (Å²) in [6.45, 7) is 5.48. The number of fused-ring (bicyclic) bond motifs is 7. The summed E-state index contributed by atoms with van der Waals surface area (Å²) >= 11 is 0. The summed E-state index contributed by atoms with van der Waals surface area (Å²) in [6.07, 6.45) is 14.8. The van der Waals surface area contributed by atoms with E-state index >= 15 is 4.79 Å². The molecule has 4 saturated carbocycles. The zero-order valence-electron chi connectivity index (χ0n) is 37.0. The summed E-state index contributed by atoms with van der Waals surface area (Å²) in [4.78, 5) is 64.1. The maximum atomic E-state index is 15.1. The molecule has 10 rings (SSSR count). The van der Waals surface area contributed by atoms with Gasteiger partial charge in [-0.25, -0.2) is 18.2 Å². The highest BCUT2D eigenvalue weighted by molar-refractivity contribution is 7.91. The Bertz CT molecular complexity index is 2290. The average Bonchev–Trinajstić information content (AvgIpc) is 4.24. The number of rotatable bonds is 9. The molecule has 4 N–H and O–H groups in total. The number of amides is 4. The lowest BCUT2D eigenvalue weighted by molar-refractivity contribution is -0.142. The SMILES string of the molecule is C=C[C@@H]1C[C@]1(NC(=O)[C@@H]1C[C@@H]2CN1C(=O)[C@H](C1CCCCC1)NC(=O)O[C@@H]1C[C@H]1CCCCCc1c(nc3ccccc3c1OC1CC3CCC(C1)N3)O2)C(=O)NS(=O)(=O)C1(C)CC1. The normalized spacial score (nSPS) is 35.0. The number of hydrogen-bond donors (Lipinski definition) is 4. The molecule has 4 amide bonds. The molecule has 346 valence electrons. The van der Waals surface area contributed by atoms with Gasteiger partial charge in [0, 0.05) is 29.8 Å². The molecule has 4 bridgehead atoms. The van der Waals surface area contributed by atoms with Crippen LogP contribution in [-0.4, -0.2) is 101 Å². The molecule has 16 heteroatoms. The Labute approximate surface area is 376 Å². The Morgan fingerprint density at radius 1 is 0.938 bits per heavy atom. The first-order valence-electron chi connectivity index (χ1n) is 24.1. The minimum Gasteiger partial charge on any atom is -0.489 e. The Morgan fingerprint density at radius 2 is 1.66 bits per heavy atom. The fraction of sp³-hybridized carbons (Fsp3) is 0.688. The number of hydrogen-bond acceptors (Lipinski definition) is 11. The predicted molar refractivity (Wildman–Crippen MR) is 238 cm³/mol. The van der Waals surface area contributed by atoms with E-state index in [1.807, 2.05) is 18.2 Å². The molecular weight excluding hydrogens is 837 g/mol.